The van der Waals surface area contributed by atoms with Crippen molar-refractivity contribution in [2.24, 2.45) is 0 Å². The van der Waals surface area contributed by atoms with E-state index < -0.39 is 36.6 Å². The van der Waals surface area contributed by atoms with E-state index in [2.05, 4.69) is 5.32 Å². The van der Waals surface area contributed by atoms with Crippen molar-refractivity contribution < 1.29 is 35.7 Å². The fourth-order valence-corrected chi connectivity index (χ4v) is 1.52. The maximum atomic E-state index is 9.65. The molecule has 19 heavy (non-hydrogen) atoms. The lowest BCUT2D eigenvalue weighted by atomic mass is 9.97. The fourth-order valence-electron chi connectivity index (χ4n) is 1.52. The number of hydrogen-bond acceptors (Lipinski definition) is 8. The molecule has 0 spiro atoms. The van der Waals surface area contributed by atoms with E-state index in [0.29, 0.717) is 6.42 Å². The van der Waals surface area contributed by atoms with Crippen LogP contribution in [0.5, 0.6) is 0 Å². The van der Waals surface area contributed by atoms with Gasteiger partial charge < -0.3 is 41.1 Å². The highest BCUT2D eigenvalue weighted by molar-refractivity contribution is 4.89. The van der Waals surface area contributed by atoms with E-state index in [-0.39, 0.29) is 19.8 Å². The van der Waals surface area contributed by atoms with Gasteiger partial charge in [-0.1, -0.05) is 6.92 Å². The molecule has 0 unspecified atom stereocenters. The third kappa shape index (κ3) is 5.28. The van der Waals surface area contributed by atoms with Crippen LogP contribution in [0.1, 0.15) is 13.3 Å². The zero-order chi connectivity index (χ0) is 15.1. The number of rotatable bonds is 10. The van der Waals surface area contributed by atoms with Gasteiger partial charge >= 0.3 is 0 Å². The predicted octanol–water partition coefficient (Wildman–Crippen LogP) is -3.85. The van der Waals surface area contributed by atoms with Crippen molar-refractivity contribution in [1.82, 2.24) is 5.32 Å². The highest BCUT2D eigenvalue weighted by atomic mass is 16.4. The van der Waals surface area contributed by atoms with E-state index in [1.54, 1.807) is 6.92 Å². The Kier molecular flexibility index (Phi) is 8.62. The van der Waals surface area contributed by atoms with Crippen LogP contribution in [0.15, 0.2) is 0 Å². The van der Waals surface area contributed by atoms with Crippen molar-refractivity contribution in [3.05, 3.63) is 0 Å². The Morgan fingerprint density at radius 3 is 1.74 bits per heavy atom. The average Bonchev–Trinajstić information content (AvgIpc) is 2.46. The van der Waals surface area contributed by atoms with Gasteiger partial charge in [-0.25, -0.2) is 0 Å². The standard InChI is InChI=1S/C11H25NO7/c1-2-11(5-14,6-15)12-3-7(16)9(18)10(19)8(17)4-13/h7-10,12-19H,2-6H2,1H3/t7-,8+,9+,10+/m0/s1. The second kappa shape index (κ2) is 8.77. The highest BCUT2D eigenvalue weighted by Gasteiger charge is 2.32. The van der Waals surface area contributed by atoms with Gasteiger partial charge in [0.15, 0.2) is 0 Å². The zero-order valence-electron chi connectivity index (χ0n) is 11.0. The van der Waals surface area contributed by atoms with Gasteiger partial charge in [-0.2, -0.15) is 0 Å². The molecule has 0 aromatic rings. The Bertz CT molecular complexity index is 229. The lowest BCUT2D eigenvalue weighted by Gasteiger charge is -2.33. The normalized spacial score (nSPS) is 18.9. The first kappa shape index (κ1) is 18.7. The van der Waals surface area contributed by atoms with Crippen LogP contribution in [0.3, 0.4) is 0 Å². The second-order valence-corrected chi connectivity index (χ2v) is 4.63. The summed E-state index contributed by atoms with van der Waals surface area (Å²) in [4.78, 5) is 0. The SMILES string of the molecule is CCC(CO)(CO)NC[C@H](O)[C@@H](O)[C@H](O)[C@H](O)CO. The predicted molar refractivity (Wildman–Crippen MR) is 66.3 cm³/mol. The van der Waals surface area contributed by atoms with E-state index in [9.17, 15) is 25.5 Å². The lowest BCUT2D eigenvalue weighted by Crippen LogP contribution is -2.56. The Hall–Kier alpha value is -0.320. The molecule has 116 valence electrons. The average molecular weight is 283 g/mol. The molecule has 0 heterocycles. The minimum atomic E-state index is -1.69. The maximum Gasteiger partial charge on any atom is 0.111 e. The summed E-state index contributed by atoms with van der Waals surface area (Å²) in [6.45, 7) is 0.0672. The van der Waals surface area contributed by atoms with E-state index in [1.807, 2.05) is 0 Å². The van der Waals surface area contributed by atoms with Gasteiger partial charge in [0.1, 0.15) is 18.3 Å². The van der Waals surface area contributed by atoms with Gasteiger partial charge in [-0.05, 0) is 6.42 Å². The summed E-state index contributed by atoms with van der Waals surface area (Å²) >= 11 is 0. The molecule has 0 saturated heterocycles. The van der Waals surface area contributed by atoms with Crippen molar-refractivity contribution in [2.75, 3.05) is 26.4 Å². The third-order valence-corrected chi connectivity index (χ3v) is 3.29. The van der Waals surface area contributed by atoms with Crippen molar-refractivity contribution >= 4 is 0 Å². The molecule has 0 saturated carbocycles. The van der Waals surface area contributed by atoms with E-state index in [0.717, 1.165) is 0 Å². The molecule has 0 aromatic heterocycles. The highest BCUT2D eigenvalue weighted by Crippen LogP contribution is 2.10. The first-order valence-corrected chi connectivity index (χ1v) is 6.17. The Labute approximate surface area is 111 Å². The first-order valence-electron chi connectivity index (χ1n) is 6.17. The van der Waals surface area contributed by atoms with Gasteiger partial charge in [0.2, 0.25) is 0 Å². The molecule has 0 rings (SSSR count). The van der Waals surface area contributed by atoms with E-state index in [4.69, 9.17) is 10.2 Å². The molecule has 4 atom stereocenters. The molecule has 8 heteroatoms. The summed E-state index contributed by atoms with van der Waals surface area (Å²) in [6.07, 6.45) is -5.95. The summed E-state index contributed by atoms with van der Waals surface area (Å²) < 4.78 is 0. The molecule has 0 aliphatic rings. The molecule has 0 radical (unpaired) electrons. The summed E-state index contributed by atoms with van der Waals surface area (Å²) in [5.74, 6) is 0. The molecule has 8 nitrogen and oxygen atoms in total. The van der Waals surface area contributed by atoms with Crippen LogP contribution in [0, 0.1) is 0 Å². The van der Waals surface area contributed by atoms with E-state index in [1.165, 1.54) is 0 Å². The number of aliphatic hydroxyl groups is 7. The minimum absolute atomic E-state index is 0.203. The minimum Gasteiger partial charge on any atom is -0.394 e. The summed E-state index contributed by atoms with van der Waals surface area (Å²) in [5, 5.41) is 67.5. The van der Waals surface area contributed by atoms with Gasteiger partial charge in [0, 0.05) is 6.54 Å². The monoisotopic (exact) mass is 283 g/mol. The van der Waals surface area contributed by atoms with Gasteiger partial charge in [0.25, 0.3) is 0 Å². The molecule has 0 aromatic carbocycles. The second-order valence-electron chi connectivity index (χ2n) is 4.63. The maximum absolute atomic E-state index is 9.65. The number of β-amino-alcohol motifs (C(OH)–C–C–N with tert-alkyl or cyclic N) is 1. The van der Waals surface area contributed by atoms with Gasteiger partial charge in [-0.15, -0.1) is 0 Å². The Morgan fingerprint density at radius 2 is 1.37 bits per heavy atom. The fraction of sp³-hybridized carbons (Fsp3) is 1.00. The van der Waals surface area contributed by atoms with Crippen LogP contribution < -0.4 is 5.32 Å². The summed E-state index contributed by atoms with van der Waals surface area (Å²) in [6, 6.07) is 0. The molecule has 0 aliphatic carbocycles. The van der Waals surface area contributed by atoms with Crippen LogP contribution in [-0.2, 0) is 0 Å². The van der Waals surface area contributed by atoms with Crippen molar-refractivity contribution in [2.45, 2.75) is 43.3 Å². The summed E-state index contributed by atoms with van der Waals surface area (Å²) in [5.41, 5.74) is -0.985. The van der Waals surface area contributed by atoms with Crippen LogP contribution >= 0.6 is 0 Å². The molecular weight excluding hydrogens is 258 g/mol. The largest absolute Gasteiger partial charge is 0.394 e. The molecule has 0 aliphatic heterocycles. The molecule has 8 N–H and O–H groups in total. The third-order valence-electron chi connectivity index (χ3n) is 3.29. The van der Waals surface area contributed by atoms with Crippen molar-refractivity contribution in [1.29, 1.82) is 0 Å². The Balaban J connectivity index is 4.40. The van der Waals surface area contributed by atoms with Crippen LogP contribution in [0.4, 0.5) is 0 Å². The van der Waals surface area contributed by atoms with Crippen molar-refractivity contribution in [3.63, 3.8) is 0 Å². The number of hydrogen-bond donors (Lipinski definition) is 8. The smallest absolute Gasteiger partial charge is 0.111 e. The van der Waals surface area contributed by atoms with Crippen LogP contribution in [0.2, 0.25) is 0 Å². The van der Waals surface area contributed by atoms with Gasteiger partial charge in [0.05, 0.1) is 31.5 Å². The first-order chi connectivity index (χ1) is 8.87. The topological polar surface area (TPSA) is 154 Å². The van der Waals surface area contributed by atoms with Gasteiger partial charge in [-0.3, -0.25) is 0 Å². The zero-order valence-corrected chi connectivity index (χ0v) is 11.0. The number of nitrogens with one attached hydrogen (secondary N) is 1. The summed E-state index contributed by atoms with van der Waals surface area (Å²) in [7, 11) is 0. The van der Waals surface area contributed by atoms with Crippen LogP contribution in [-0.4, -0.2) is 92.1 Å². The molecular formula is C11H25NO7. The molecule has 0 amide bonds. The number of aliphatic hydroxyl groups excluding tert-OH is 7. The molecule has 0 bridgehead atoms. The quantitative estimate of drug-likeness (QED) is 0.203. The van der Waals surface area contributed by atoms with E-state index >= 15 is 0 Å². The Morgan fingerprint density at radius 1 is 0.895 bits per heavy atom. The van der Waals surface area contributed by atoms with Crippen molar-refractivity contribution in [3.8, 4) is 0 Å². The lowest BCUT2D eigenvalue weighted by molar-refractivity contribution is -0.115. The van der Waals surface area contributed by atoms with Crippen LogP contribution in [0.25, 0.3) is 0 Å². The molecule has 0 fully saturated rings.